The lowest BCUT2D eigenvalue weighted by Crippen LogP contribution is -2.64. The molecule has 0 aromatic heterocycles. The molecule has 186 valence electrons. The number of hydrogen-bond acceptors (Lipinski definition) is 12. The van der Waals surface area contributed by atoms with Gasteiger partial charge in [-0.1, -0.05) is 18.0 Å². The van der Waals surface area contributed by atoms with Crippen molar-refractivity contribution in [2.45, 2.75) is 87.1 Å². The second kappa shape index (κ2) is 13.5. The van der Waals surface area contributed by atoms with Gasteiger partial charge < -0.3 is 54.7 Å². The van der Waals surface area contributed by atoms with Crippen molar-refractivity contribution in [3.8, 4) is 0 Å². The van der Waals surface area contributed by atoms with E-state index in [1.807, 2.05) is 0 Å². The molecule has 0 aromatic carbocycles. The predicted molar refractivity (Wildman–Crippen MR) is 105 cm³/mol. The van der Waals surface area contributed by atoms with E-state index in [9.17, 15) is 35.7 Å². The molecule has 0 bridgehead atoms. The van der Waals surface area contributed by atoms with Gasteiger partial charge in [0.1, 0.15) is 48.8 Å². The van der Waals surface area contributed by atoms with Crippen LogP contribution in [0.5, 0.6) is 0 Å². The highest BCUT2D eigenvalue weighted by molar-refractivity contribution is 4.94. The molecule has 2 aliphatic rings. The monoisotopic (exact) mass is 467 g/mol. The number of ether oxygens (including phenoxy) is 4. The topological polar surface area (TPSA) is 227 Å². The molecular formula is C18H33N3O11. The molecule has 14 nitrogen and oxygen atoms in total. The number of rotatable bonds is 12. The van der Waals surface area contributed by atoms with Gasteiger partial charge in [0.05, 0.1) is 13.2 Å². The second-order valence-electron chi connectivity index (χ2n) is 7.74. The van der Waals surface area contributed by atoms with E-state index in [-0.39, 0.29) is 6.61 Å². The Hall–Kier alpha value is -1.13. The normalized spacial score (nSPS) is 40.1. The van der Waals surface area contributed by atoms with Crippen molar-refractivity contribution >= 4 is 0 Å². The summed E-state index contributed by atoms with van der Waals surface area (Å²) in [6, 6.07) is 0. The molecule has 0 amide bonds. The van der Waals surface area contributed by atoms with Crippen LogP contribution >= 0.6 is 0 Å². The van der Waals surface area contributed by atoms with Crippen LogP contribution < -0.4 is 0 Å². The maximum atomic E-state index is 10.5. The molecule has 2 heterocycles. The summed E-state index contributed by atoms with van der Waals surface area (Å²) in [4.78, 5) is 2.67. The summed E-state index contributed by atoms with van der Waals surface area (Å²) >= 11 is 0. The zero-order valence-corrected chi connectivity index (χ0v) is 17.5. The van der Waals surface area contributed by atoms with Crippen LogP contribution in [-0.4, -0.2) is 124 Å². The third-order valence-corrected chi connectivity index (χ3v) is 5.46. The Kier molecular flexibility index (Phi) is 11.5. The molecule has 0 saturated carbocycles. The van der Waals surface area contributed by atoms with Crippen LogP contribution in [0.15, 0.2) is 5.11 Å². The highest BCUT2D eigenvalue weighted by atomic mass is 16.7. The van der Waals surface area contributed by atoms with Crippen molar-refractivity contribution in [1.29, 1.82) is 0 Å². The minimum atomic E-state index is -1.72. The number of hydrogen-bond donors (Lipinski definition) is 7. The van der Waals surface area contributed by atoms with E-state index in [2.05, 4.69) is 10.0 Å². The summed E-state index contributed by atoms with van der Waals surface area (Å²) in [5.74, 6) is 0. The molecule has 2 aliphatic heterocycles. The average Bonchev–Trinajstić information content (AvgIpc) is 2.79. The number of unbranched alkanes of at least 4 members (excludes halogenated alkanes) is 3. The molecule has 32 heavy (non-hydrogen) atoms. The molecule has 14 heteroatoms. The molecule has 2 rings (SSSR count). The van der Waals surface area contributed by atoms with Gasteiger partial charge in [0, 0.05) is 18.1 Å². The van der Waals surface area contributed by atoms with Gasteiger partial charge in [0.2, 0.25) is 0 Å². The summed E-state index contributed by atoms with van der Waals surface area (Å²) < 4.78 is 21.7. The van der Waals surface area contributed by atoms with Crippen molar-refractivity contribution in [2.75, 3.05) is 26.4 Å². The molecule has 7 N–H and O–H groups in total. The van der Waals surface area contributed by atoms with Crippen LogP contribution in [0.25, 0.3) is 10.4 Å². The van der Waals surface area contributed by atoms with Gasteiger partial charge in [-0.05, 0) is 18.4 Å². The van der Waals surface area contributed by atoms with Crippen LogP contribution in [0.1, 0.15) is 25.7 Å². The first-order valence-electron chi connectivity index (χ1n) is 10.6. The predicted octanol–water partition coefficient (Wildman–Crippen LogP) is -2.50. The zero-order valence-electron chi connectivity index (χ0n) is 17.5. The first-order chi connectivity index (χ1) is 15.3. The lowest BCUT2D eigenvalue weighted by atomic mass is 9.97. The van der Waals surface area contributed by atoms with Crippen LogP contribution in [0.3, 0.4) is 0 Å². The van der Waals surface area contributed by atoms with Gasteiger partial charge in [-0.15, -0.1) is 0 Å². The first-order valence-corrected chi connectivity index (χ1v) is 10.6. The lowest BCUT2D eigenvalue weighted by Gasteiger charge is -2.45. The van der Waals surface area contributed by atoms with Gasteiger partial charge in [-0.3, -0.25) is 0 Å². The first kappa shape index (κ1) is 27.1. The van der Waals surface area contributed by atoms with E-state index in [0.717, 1.165) is 19.3 Å². The van der Waals surface area contributed by atoms with Gasteiger partial charge in [0.15, 0.2) is 12.6 Å². The molecule has 0 aromatic rings. The summed E-state index contributed by atoms with van der Waals surface area (Å²) in [5, 5.41) is 73.1. The van der Waals surface area contributed by atoms with Crippen molar-refractivity contribution < 1.29 is 54.7 Å². The standard InChI is InChI=1S/C18H33N3O11/c19-21-20-5-3-1-2-4-6-29-17-15(28)13(26)16(10(8-23)31-17)32-18-14(27)12(25)11(24)9(7-22)30-18/h9-18,22-28H,1-8H2/t9?,10?,11-,12-,13+,14?,15?,16+,17+,18-/m0/s1. The molecule has 0 radical (unpaired) electrons. The lowest BCUT2D eigenvalue weighted by molar-refractivity contribution is -0.359. The molecule has 0 spiro atoms. The van der Waals surface area contributed by atoms with E-state index < -0.39 is 74.6 Å². The van der Waals surface area contributed by atoms with E-state index in [1.54, 1.807) is 0 Å². The number of nitrogens with zero attached hydrogens (tertiary/aromatic N) is 3. The number of aliphatic hydroxyl groups excluding tert-OH is 7. The molecule has 4 unspecified atom stereocenters. The molecule has 0 aliphatic carbocycles. The van der Waals surface area contributed by atoms with Crippen molar-refractivity contribution in [3.05, 3.63) is 10.4 Å². The highest BCUT2D eigenvalue weighted by Gasteiger charge is 2.50. The van der Waals surface area contributed by atoms with Gasteiger partial charge in [-0.2, -0.15) is 0 Å². The van der Waals surface area contributed by atoms with Crippen LogP contribution in [0, 0.1) is 0 Å². The third-order valence-electron chi connectivity index (χ3n) is 5.46. The molecule has 2 saturated heterocycles. The van der Waals surface area contributed by atoms with Gasteiger partial charge in [-0.25, -0.2) is 0 Å². The summed E-state index contributed by atoms with van der Waals surface area (Å²) in [7, 11) is 0. The third kappa shape index (κ3) is 6.93. The Balaban J connectivity index is 1.88. The smallest absolute Gasteiger partial charge is 0.187 e. The maximum absolute atomic E-state index is 10.5. The largest absolute Gasteiger partial charge is 0.394 e. The Morgan fingerprint density at radius 1 is 0.750 bits per heavy atom. The Morgan fingerprint density at radius 2 is 1.38 bits per heavy atom. The number of azide groups is 1. The van der Waals surface area contributed by atoms with E-state index in [4.69, 9.17) is 24.5 Å². The number of aliphatic hydroxyl groups is 7. The van der Waals surface area contributed by atoms with Crippen molar-refractivity contribution in [3.63, 3.8) is 0 Å². The highest BCUT2D eigenvalue weighted by Crippen LogP contribution is 2.29. The minimum Gasteiger partial charge on any atom is -0.394 e. The average molecular weight is 467 g/mol. The van der Waals surface area contributed by atoms with E-state index in [1.165, 1.54) is 0 Å². The fraction of sp³-hybridized carbons (Fsp3) is 1.00. The summed E-state index contributed by atoms with van der Waals surface area (Å²) in [5.41, 5.74) is 8.21. The summed E-state index contributed by atoms with van der Waals surface area (Å²) in [6.45, 7) is -0.651. The maximum Gasteiger partial charge on any atom is 0.187 e. The van der Waals surface area contributed by atoms with E-state index in [0.29, 0.717) is 13.0 Å². The fourth-order valence-electron chi connectivity index (χ4n) is 3.58. The Labute approximate surface area is 184 Å². The molecule has 2 fully saturated rings. The van der Waals surface area contributed by atoms with Crippen LogP contribution in [0.4, 0.5) is 0 Å². The fourth-order valence-corrected chi connectivity index (χ4v) is 3.58. The Morgan fingerprint density at radius 3 is 2.03 bits per heavy atom. The summed E-state index contributed by atoms with van der Waals surface area (Å²) in [6.07, 6.45) is -11.7. The Bertz CT molecular complexity index is 593. The van der Waals surface area contributed by atoms with Gasteiger partial charge in [0.25, 0.3) is 0 Å². The minimum absolute atomic E-state index is 0.215. The van der Waals surface area contributed by atoms with Crippen molar-refractivity contribution in [2.24, 2.45) is 5.11 Å². The zero-order chi connectivity index (χ0) is 23.7. The van der Waals surface area contributed by atoms with Crippen LogP contribution in [0.2, 0.25) is 0 Å². The van der Waals surface area contributed by atoms with E-state index >= 15 is 0 Å². The SMILES string of the molecule is [N-]=[N+]=NCCCCCCO[C@@H]1OC(CO)[C@@H](O[C@@H]2OC(CO)[C@H](O)[C@H](O)C2O)[C@H](O)C1O. The van der Waals surface area contributed by atoms with Crippen molar-refractivity contribution in [1.82, 2.24) is 0 Å². The molecule has 10 atom stereocenters. The molecular weight excluding hydrogens is 434 g/mol. The van der Waals surface area contributed by atoms with Gasteiger partial charge >= 0.3 is 0 Å². The second-order valence-corrected chi connectivity index (χ2v) is 7.74. The quantitative estimate of drug-likeness (QED) is 0.0686. The van der Waals surface area contributed by atoms with Crippen LogP contribution in [-0.2, 0) is 18.9 Å².